The molecule has 1 amide bonds. The molecule has 1 unspecified atom stereocenters. The van der Waals surface area contributed by atoms with Gasteiger partial charge in [0.15, 0.2) is 0 Å². The van der Waals surface area contributed by atoms with Gasteiger partial charge < -0.3 is 9.47 Å². The van der Waals surface area contributed by atoms with Crippen molar-refractivity contribution in [3.63, 3.8) is 0 Å². The van der Waals surface area contributed by atoms with Gasteiger partial charge in [0.2, 0.25) is 5.91 Å². The van der Waals surface area contributed by atoms with E-state index in [2.05, 4.69) is 33.5 Å². The first-order valence-corrected chi connectivity index (χ1v) is 11.7. The Bertz CT molecular complexity index is 655. The van der Waals surface area contributed by atoms with Crippen molar-refractivity contribution in [3.8, 4) is 0 Å². The maximum Gasteiger partial charge on any atom is 0.222 e. The summed E-state index contributed by atoms with van der Waals surface area (Å²) in [4.78, 5) is 15.4. The summed E-state index contributed by atoms with van der Waals surface area (Å²) < 4.78 is 2.26. The second kappa shape index (κ2) is 8.54. The van der Waals surface area contributed by atoms with Crippen LogP contribution in [0.3, 0.4) is 0 Å². The summed E-state index contributed by atoms with van der Waals surface area (Å²) in [7, 11) is 0. The smallest absolute Gasteiger partial charge is 0.222 e. The van der Waals surface area contributed by atoms with Crippen LogP contribution >= 0.6 is 0 Å². The molecule has 1 aliphatic heterocycles. The Labute approximate surface area is 170 Å². The highest BCUT2D eigenvalue weighted by Crippen LogP contribution is 2.52. The summed E-state index contributed by atoms with van der Waals surface area (Å²) in [5.74, 6) is 3.07. The summed E-state index contributed by atoms with van der Waals surface area (Å²) in [6, 6.07) is 0. The molecule has 2 aliphatic carbocycles. The number of carbonyl (C=O) groups excluding carboxylic acids is 1. The van der Waals surface area contributed by atoms with Gasteiger partial charge >= 0.3 is 0 Å². The van der Waals surface area contributed by atoms with Crippen molar-refractivity contribution in [1.29, 1.82) is 0 Å². The van der Waals surface area contributed by atoms with Crippen LogP contribution in [0.2, 0.25) is 0 Å². The maximum absolute atomic E-state index is 13.2. The van der Waals surface area contributed by atoms with Crippen LogP contribution in [-0.4, -0.2) is 38.7 Å². The molecule has 1 aromatic rings. The standard InChI is InChI=1S/C23H38N4O/c1-18(2)14-27-17-24-25-22(27)20-15-26(16-23(20)11-7-4-8-12-23)21(28)13-19-9-5-3-6-10-19/h17-20H,3-16H2,1-2H3. The van der Waals surface area contributed by atoms with Crippen molar-refractivity contribution in [3.05, 3.63) is 12.2 Å². The Morgan fingerprint density at radius 2 is 1.86 bits per heavy atom. The Morgan fingerprint density at radius 1 is 1.14 bits per heavy atom. The molecule has 5 heteroatoms. The minimum Gasteiger partial charge on any atom is -0.341 e. The van der Waals surface area contributed by atoms with Crippen molar-refractivity contribution >= 4 is 5.91 Å². The number of amides is 1. The Kier molecular flexibility index (Phi) is 6.07. The first kappa shape index (κ1) is 19.9. The van der Waals surface area contributed by atoms with Crippen LogP contribution in [-0.2, 0) is 11.3 Å². The molecule has 28 heavy (non-hydrogen) atoms. The van der Waals surface area contributed by atoms with Crippen molar-refractivity contribution < 1.29 is 4.79 Å². The lowest BCUT2D eigenvalue weighted by molar-refractivity contribution is -0.131. The van der Waals surface area contributed by atoms with E-state index in [9.17, 15) is 4.79 Å². The number of nitrogens with zero attached hydrogens (tertiary/aromatic N) is 4. The van der Waals surface area contributed by atoms with Gasteiger partial charge in [-0.1, -0.05) is 52.4 Å². The number of hydrogen-bond donors (Lipinski definition) is 0. The van der Waals surface area contributed by atoms with E-state index in [4.69, 9.17) is 0 Å². The van der Waals surface area contributed by atoms with E-state index < -0.39 is 0 Å². The fourth-order valence-corrected chi connectivity index (χ4v) is 6.11. The molecule has 2 heterocycles. The zero-order valence-electron chi connectivity index (χ0n) is 17.9. The predicted molar refractivity (Wildman–Crippen MR) is 111 cm³/mol. The van der Waals surface area contributed by atoms with Gasteiger partial charge in [-0.3, -0.25) is 4.79 Å². The third kappa shape index (κ3) is 4.13. The van der Waals surface area contributed by atoms with Gasteiger partial charge in [0.05, 0.1) is 0 Å². The molecule has 156 valence electrons. The third-order valence-electron chi connectivity index (χ3n) is 7.56. The molecule has 0 N–H and O–H groups in total. The van der Waals surface area contributed by atoms with Crippen LogP contribution in [0, 0.1) is 17.3 Å². The molecule has 4 rings (SSSR count). The van der Waals surface area contributed by atoms with E-state index in [1.165, 1.54) is 64.2 Å². The molecule has 0 aromatic carbocycles. The van der Waals surface area contributed by atoms with Gasteiger partial charge in [-0.25, -0.2) is 0 Å². The van der Waals surface area contributed by atoms with Gasteiger partial charge in [0.25, 0.3) is 0 Å². The molecule has 0 bridgehead atoms. The summed E-state index contributed by atoms with van der Waals surface area (Å²) in [6.07, 6.45) is 15.5. The van der Waals surface area contributed by atoms with Crippen LogP contribution in [0.5, 0.6) is 0 Å². The summed E-state index contributed by atoms with van der Waals surface area (Å²) >= 11 is 0. The minimum atomic E-state index is 0.224. The number of likely N-dealkylation sites (tertiary alicyclic amines) is 1. The maximum atomic E-state index is 13.2. The first-order chi connectivity index (χ1) is 13.6. The molecule has 5 nitrogen and oxygen atoms in total. The highest BCUT2D eigenvalue weighted by Gasteiger charge is 2.50. The van der Waals surface area contributed by atoms with Crippen molar-refractivity contribution in [1.82, 2.24) is 19.7 Å². The zero-order valence-corrected chi connectivity index (χ0v) is 17.9. The quantitative estimate of drug-likeness (QED) is 0.732. The van der Waals surface area contributed by atoms with Gasteiger partial charge in [-0.2, -0.15) is 0 Å². The van der Waals surface area contributed by atoms with Crippen LogP contribution in [0.15, 0.2) is 6.33 Å². The SMILES string of the molecule is CC(C)Cn1cnnc1C1CN(C(=O)CC2CCCCC2)CC12CCCCC2. The van der Waals surface area contributed by atoms with Crippen LogP contribution in [0.25, 0.3) is 0 Å². The highest BCUT2D eigenvalue weighted by molar-refractivity contribution is 5.77. The second-order valence-electron chi connectivity index (χ2n) is 10.2. The van der Waals surface area contributed by atoms with Gasteiger partial charge in [0.1, 0.15) is 12.2 Å². The van der Waals surface area contributed by atoms with Crippen molar-refractivity contribution in [2.24, 2.45) is 17.3 Å². The second-order valence-corrected chi connectivity index (χ2v) is 10.2. The Hall–Kier alpha value is -1.39. The van der Waals surface area contributed by atoms with Gasteiger partial charge in [-0.05, 0) is 42.9 Å². The monoisotopic (exact) mass is 386 g/mol. The Morgan fingerprint density at radius 3 is 2.57 bits per heavy atom. The van der Waals surface area contributed by atoms with Crippen LogP contribution < -0.4 is 0 Å². The average Bonchev–Trinajstić information content (AvgIpc) is 3.27. The molecule has 3 aliphatic rings. The molecule has 1 atom stereocenters. The minimum absolute atomic E-state index is 0.224. The topological polar surface area (TPSA) is 51.0 Å². The molecule has 0 radical (unpaired) electrons. The third-order valence-corrected chi connectivity index (χ3v) is 7.56. The fourth-order valence-electron chi connectivity index (χ4n) is 6.11. The van der Waals surface area contributed by atoms with E-state index in [1.807, 2.05) is 6.33 Å². The summed E-state index contributed by atoms with van der Waals surface area (Å²) in [5, 5.41) is 8.86. The van der Waals surface area contributed by atoms with Crippen LogP contribution in [0.4, 0.5) is 0 Å². The summed E-state index contributed by atoms with van der Waals surface area (Å²) in [6.45, 7) is 7.24. The largest absolute Gasteiger partial charge is 0.341 e. The first-order valence-electron chi connectivity index (χ1n) is 11.7. The fraction of sp³-hybridized carbons (Fsp3) is 0.870. The van der Waals surface area contributed by atoms with E-state index in [1.54, 1.807) is 0 Å². The lowest BCUT2D eigenvalue weighted by atomic mass is 9.67. The molecular weight excluding hydrogens is 348 g/mol. The van der Waals surface area contributed by atoms with E-state index >= 15 is 0 Å². The molecule has 2 saturated carbocycles. The number of rotatable bonds is 5. The van der Waals surface area contributed by atoms with Gasteiger partial charge in [-0.15, -0.1) is 10.2 Å². The summed E-state index contributed by atoms with van der Waals surface area (Å²) in [5.41, 5.74) is 0.224. The van der Waals surface area contributed by atoms with Crippen molar-refractivity contribution in [2.75, 3.05) is 13.1 Å². The molecule has 1 aromatic heterocycles. The molecule has 1 spiro atoms. The lowest BCUT2D eigenvalue weighted by Crippen LogP contribution is -2.35. The van der Waals surface area contributed by atoms with E-state index in [0.717, 1.165) is 31.9 Å². The van der Waals surface area contributed by atoms with Crippen molar-refractivity contribution in [2.45, 2.75) is 96.9 Å². The number of aromatic nitrogens is 3. The molecular formula is C23H38N4O. The zero-order chi connectivity index (χ0) is 19.6. The van der Waals surface area contributed by atoms with E-state index in [-0.39, 0.29) is 5.41 Å². The van der Waals surface area contributed by atoms with Crippen LogP contribution in [0.1, 0.15) is 96.2 Å². The van der Waals surface area contributed by atoms with Gasteiger partial charge in [0, 0.05) is 32.0 Å². The predicted octanol–water partition coefficient (Wildman–Crippen LogP) is 4.78. The number of carbonyl (C=O) groups is 1. The average molecular weight is 387 g/mol. The number of hydrogen-bond acceptors (Lipinski definition) is 3. The van der Waals surface area contributed by atoms with E-state index in [0.29, 0.717) is 23.7 Å². The molecule has 1 saturated heterocycles. The normalized spacial score (nSPS) is 25.7. The Balaban J connectivity index is 1.53. The lowest BCUT2D eigenvalue weighted by Gasteiger charge is -2.37. The molecule has 3 fully saturated rings. The highest BCUT2D eigenvalue weighted by atomic mass is 16.2.